The zero-order chi connectivity index (χ0) is 17.6. The molecule has 1 heterocycles. The Labute approximate surface area is 136 Å². The van der Waals surface area contributed by atoms with E-state index in [1.54, 1.807) is 27.7 Å². The van der Waals surface area contributed by atoms with Crippen molar-refractivity contribution in [2.75, 3.05) is 19.0 Å². The van der Waals surface area contributed by atoms with Crippen LogP contribution in [0, 0.1) is 0 Å². The highest BCUT2D eigenvalue weighted by Gasteiger charge is 2.22. The van der Waals surface area contributed by atoms with Gasteiger partial charge in [-0.1, -0.05) is 0 Å². The van der Waals surface area contributed by atoms with Crippen LogP contribution in [0.2, 0.25) is 0 Å². The first kappa shape index (κ1) is 18.9. The van der Waals surface area contributed by atoms with E-state index >= 15 is 0 Å². The normalized spacial score (nSPS) is 12.4. The van der Waals surface area contributed by atoms with Gasteiger partial charge in [-0.15, -0.1) is 0 Å². The maximum absolute atomic E-state index is 12.0. The second-order valence-electron chi connectivity index (χ2n) is 6.09. The van der Waals surface area contributed by atoms with Gasteiger partial charge in [-0.05, 0) is 34.6 Å². The van der Waals surface area contributed by atoms with Crippen LogP contribution in [0.25, 0.3) is 0 Å². The summed E-state index contributed by atoms with van der Waals surface area (Å²) < 4.78 is 16.0. The van der Waals surface area contributed by atoms with Crippen LogP contribution >= 0.6 is 0 Å². The number of anilines is 1. The summed E-state index contributed by atoms with van der Waals surface area (Å²) in [4.78, 5) is 27.1. The van der Waals surface area contributed by atoms with E-state index in [2.05, 4.69) is 10.3 Å². The van der Waals surface area contributed by atoms with Gasteiger partial charge in [-0.25, -0.2) is 4.79 Å². The Morgan fingerprint density at radius 3 is 2.48 bits per heavy atom. The number of ketones is 1. The molecule has 0 saturated carbocycles. The number of carbonyl (C=O) groups is 2. The lowest BCUT2D eigenvalue weighted by atomic mass is 10.1. The zero-order valence-corrected chi connectivity index (χ0v) is 14.4. The average Bonchev–Trinajstić information content (AvgIpc) is 2.42. The van der Waals surface area contributed by atoms with Gasteiger partial charge in [0.25, 0.3) is 0 Å². The fourth-order valence-corrected chi connectivity index (χ4v) is 1.80. The van der Waals surface area contributed by atoms with Crippen LogP contribution in [0.4, 0.5) is 10.5 Å². The van der Waals surface area contributed by atoms with E-state index in [0.29, 0.717) is 17.0 Å². The Kier molecular flexibility index (Phi) is 6.50. The smallest absolute Gasteiger partial charge is 0.412 e. The number of carbonyl (C=O) groups excluding carboxylic acids is 2. The van der Waals surface area contributed by atoms with Gasteiger partial charge < -0.3 is 14.2 Å². The maximum Gasteiger partial charge on any atom is 0.412 e. The molecule has 1 atom stereocenters. The minimum absolute atomic E-state index is 0.0823. The molecule has 128 valence electrons. The van der Waals surface area contributed by atoms with Gasteiger partial charge >= 0.3 is 6.09 Å². The van der Waals surface area contributed by atoms with Crippen molar-refractivity contribution in [2.24, 2.45) is 0 Å². The molecule has 0 bridgehead atoms. The molecule has 7 nitrogen and oxygen atoms in total. The van der Waals surface area contributed by atoms with E-state index in [1.165, 1.54) is 26.4 Å². The van der Waals surface area contributed by atoms with Crippen LogP contribution in [0.3, 0.4) is 0 Å². The van der Waals surface area contributed by atoms with Crippen molar-refractivity contribution < 1.29 is 23.8 Å². The molecule has 0 radical (unpaired) electrons. The molecule has 0 spiro atoms. The molecule has 1 aromatic rings. The molecule has 0 aliphatic heterocycles. The molecule has 1 aromatic heterocycles. The number of Topliss-reactive ketones (excluding diaryl/α,β-unsaturated/α-hetero) is 1. The Hall–Kier alpha value is -2.15. The van der Waals surface area contributed by atoms with Gasteiger partial charge in [-0.2, -0.15) is 0 Å². The Morgan fingerprint density at radius 1 is 1.30 bits per heavy atom. The Balaban J connectivity index is 3.08. The number of hydrogen-bond donors (Lipinski definition) is 1. The first-order chi connectivity index (χ1) is 10.6. The number of nitrogens with zero attached hydrogens (tertiary/aromatic N) is 1. The van der Waals surface area contributed by atoms with Gasteiger partial charge in [0.15, 0.2) is 5.78 Å². The highest BCUT2D eigenvalue weighted by molar-refractivity contribution is 5.86. The number of ether oxygens (including phenoxy) is 3. The van der Waals surface area contributed by atoms with Crippen LogP contribution < -0.4 is 10.1 Å². The van der Waals surface area contributed by atoms with Crippen LogP contribution in [0.15, 0.2) is 12.4 Å². The number of methoxy groups -OCH3 is 1. The van der Waals surface area contributed by atoms with E-state index < -0.39 is 11.7 Å². The molecule has 1 unspecified atom stereocenters. The average molecular weight is 324 g/mol. The van der Waals surface area contributed by atoms with Crippen LogP contribution in [-0.2, 0) is 14.3 Å². The largest absolute Gasteiger partial charge is 0.484 e. The number of hydrogen-bond acceptors (Lipinski definition) is 6. The van der Waals surface area contributed by atoms with Crippen molar-refractivity contribution in [1.82, 2.24) is 4.98 Å². The standard InChI is InChI=1S/C16H24N2O5/c1-10(19)9-22-13-8-17-7-12(14(13)11(2)21-6)18-15(20)23-16(3,4)5/h7-8,11H,9H2,1-6H3,(H,18,20). The predicted molar refractivity (Wildman–Crippen MR) is 85.7 cm³/mol. The van der Waals surface area contributed by atoms with Crippen molar-refractivity contribution in [3.63, 3.8) is 0 Å². The van der Waals surface area contributed by atoms with Crippen molar-refractivity contribution in [3.05, 3.63) is 18.0 Å². The molecule has 0 aromatic carbocycles. The highest BCUT2D eigenvalue weighted by atomic mass is 16.6. The second kappa shape index (κ2) is 7.92. The third-order valence-electron chi connectivity index (χ3n) is 2.78. The molecular weight excluding hydrogens is 300 g/mol. The fraction of sp³-hybridized carbons (Fsp3) is 0.562. The van der Waals surface area contributed by atoms with Crippen molar-refractivity contribution in [1.29, 1.82) is 0 Å². The Bertz CT molecular complexity index is 566. The minimum atomic E-state index is -0.618. The van der Waals surface area contributed by atoms with E-state index in [1.807, 2.05) is 0 Å². The predicted octanol–water partition coefficient (Wildman–Crippen LogP) is 3.10. The zero-order valence-electron chi connectivity index (χ0n) is 14.4. The number of aromatic nitrogens is 1. The van der Waals surface area contributed by atoms with Crippen LogP contribution in [-0.4, -0.2) is 36.2 Å². The van der Waals surface area contributed by atoms with Crippen LogP contribution in [0.1, 0.15) is 46.3 Å². The molecule has 1 rings (SSSR count). The molecular formula is C16H24N2O5. The summed E-state index contributed by atoms with van der Waals surface area (Å²) in [5, 5.41) is 2.64. The summed E-state index contributed by atoms with van der Waals surface area (Å²) >= 11 is 0. The molecule has 0 aliphatic rings. The van der Waals surface area contributed by atoms with Crippen molar-refractivity contribution in [2.45, 2.75) is 46.3 Å². The molecule has 0 aliphatic carbocycles. The summed E-state index contributed by atoms with van der Waals surface area (Å²) in [6, 6.07) is 0. The molecule has 0 saturated heterocycles. The first-order valence-corrected chi connectivity index (χ1v) is 7.27. The van der Waals surface area contributed by atoms with Gasteiger partial charge in [0.05, 0.1) is 24.2 Å². The van der Waals surface area contributed by atoms with Crippen LogP contribution in [0.5, 0.6) is 5.75 Å². The second-order valence-corrected chi connectivity index (χ2v) is 6.09. The quantitative estimate of drug-likeness (QED) is 0.865. The summed E-state index contributed by atoms with van der Waals surface area (Å²) in [6.45, 7) is 8.47. The number of rotatable bonds is 6. The monoisotopic (exact) mass is 324 g/mol. The van der Waals surface area contributed by atoms with Gasteiger partial charge in [-0.3, -0.25) is 15.1 Å². The van der Waals surface area contributed by atoms with Crippen molar-refractivity contribution >= 4 is 17.6 Å². The van der Waals surface area contributed by atoms with E-state index in [4.69, 9.17) is 14.2 Å². The number of pyridine rings is 1. The third kappa shape index (κ3) is 6.23. The lowest BCUT2D eigenvalue weighted by Crippen LogP contribution is -2.27. The molecule has 1 amide bonds. The summed E-state index contributed by atoms with van der Waals surface area (Å²) in [7, 11) is 1.54. The van der Waals surface area contributed by atoms with Gasteiger partial charge in [0.1, 0.15) is 18.0 Å². The van der Waals surface area contributed by atoms with E-state index in [-0.39, 0.29) is 18.5 Å². The number of amides is 1. The van der Waals surface area contributed by atoms with Gasteiger partial charge in [0, 0.05) is 12.7 Å². The first-order valence-electron chi connectivity index (χ1n) is 7.27. The third-order valence-corrected chi connectivity index (χ3v) is 2.78. The van der Waals surface area contributed by atoms with E-state index in [0.717, 1.165) is 0 Å². The lowest BCUT2D eigenvalue weighted by molar-refractivity contribution is -0.118. The summed E-state index contributed by atoms with van der Waals surface area (Å²) in [5.74, 6) is 0.259. The minimum Gasteiger partial charge on any atom is -0.484 e. The molecule has 1 N–H and O–H groups in total. The Morgan fingerprint density at radius 2 is 1.96 bits per heavy atom. The van der Waals surface area contributed by atoms with Crippen molar-refractivity contribution in [3.8, 4) is 5.75 Å². The fourth-order valence-electron chi connectivity index (χ4n) is 1.80. The molecule has 7 heteroatoms. The number of nitrogens with one attached hydrogen (secondary N) is 1. The maximum atomic E-state index is 12.0. The highest BCUT2D eigenvalue weighted by Crippen LogP contribution is 2.33. The topological polar surface area (TPSA) is 86.8 Å². The summed E-state index contributed by atoms with van der Waals surface area (Å²) in [5.41, 5.74) is 0.386. The lowest BCUT2D eigenvalue weighted by Gasteiger charge is -2.22. The molecule has 0 fully saturated rings. The summed E-state index contributed by atoms with van der Waals surface area (Å²) in [6.07, 6.45) is 1.99. The van der Waals surface area contributed by atoms with Gasteiger partial charge in [0.2, 0.25) is 0 Å². The molecule has 23 heavy (non-hydrogen) atoms. The van der Waals surface area contributed by atoms with E-state index in [9.17, 15) is 9.59 Å². The SMILES string of the molecule is COC(C)c1c(NC(=O)OC(C)(C)C)cncc1OCC(C)=O.